The minimum atomic E-state index is -0.00698. The van der Waals surface area contributed by atoms with Crippen LogP contribution in [0.25, 0.3) is 5.32 Å². The molecule has 0 spiro atoms. The number of rotatable bonds is 4. The number of likely N-dealkylation sites (N-methyl/N-ethyl adjacent to an activating group) is 1. The third-order valence-electron chi connectivity index (χ3n) is 1.62. The van der Waals surface area contributed by atoms with Crippen LogP contribution in [-0.4, -0.2) is 43.5 Å². The molecule has 0 rings (SSSR count). The summed E-state index contributed by atoms with van der Waals surface area (Å²) in [6.45, 7) is 10.2. The first-order chi connectivity index (χ1) is 6.35. The Bertz CT molecular complexity index is 183. The predicted molar refractivity (Wildman–Crippen MR) is 64.3 cm³/mol. The van der Waals surface area contributed by atoms with Gasteiger partial charge in [0.2, 0.25) is 0 Å². The summed E-state index contributed by atoms with van der Waals surface area (Å²) in [5.74, 6) is 0.986. The zero-order valence-corrected chi connectivity index (χ0v) is 11.8. The average molecular weight is 257 g/mol. The molecule has 0 aromatic heterocycles. The van der Waals surface area contributed by atoms with Gasteiger partial charge in [0.25, 0.3) is 0 Å². The van der Waals surface area contributed by atoms with Gasteiger partial charge in [-0.05, 0) is 39.1 Å². The van der Waals surface area contributed by atoms with E-state index in [9.17, 15) is 0 Å². The van der Waals surface area contributed by atoms with Gasteiger partial charge in [0.1, 0.15) is 0 Å². The summed E-state index contributed by atoms with van der Waals surface area (Å²) in [5, 5.41) is 4.48. The zero-order chi connectivity index (χ0) is 11.2. The van der Waals surface area contributed by atoms with Crippen LogP contribution in [0, 0.1) is 0 Å². The second kappa shape index (κ2) is 8.12. The molecule has 94 valence electrons. The molecule has 3 nitrogen and oxygen atoms in total. The summed E-state index contributed by atoms with van der Waals surface area (Å²) in [6.07, 6.45) is 0.921. The zero-order valence-electron chi connectivity index (χ0n) is 10.8. The van der Waals surface area contributed by atoms with Crippen LogP contribution in [-0.2, 0) is 16.5 Å². The fourth-order valence-electron chi connectivity index (χ4n) is 0.992. The fraction of sp³-hybridized carbons (Fsp3) is 0.909. The fourth-order valence-corrected chi connectivity index (χ4v) is 0.992. The Hall–Kier alpha value is -0.0765. The standard InChI is InChI=1S/C11H24N3.Ni/c1-7-10(13-11(2,3)4)12-8-9-14(5)6;/h7-9H2,1-6H3;/q-1;. The molecule has 0 bridgehead atoms. The van der Waals surface area contributed by atoms with Crippen LogP contribution in [0.4, 0.5) is 0 Å². The Labute approximate surface area is 105 Å². The van der Waals surface area contributed by atoms with Gasteiger partial charge in [-0.1, -0.05) is 33.5 Å². The van der Waals surface area contributed by atoms with E-state index in [0.29, 0.717) is 0 Å². The SMILES string of the molecule is CCC(=NC(C)(C)C)[N-]CCN(C)C.[Ni]. The van der Waals surface area contributed by atoms with Crippen LogP contribution >= 0.6 is 0 Å². The molecular formula is C11H24N3Ni-. The molecule has 0 aliphatic carbocycles. The van der Waals surface area contributed by atoms with E-state index in [-0.39, 0.29) is 22.0 Å². The molecule has 0 aromatic carbocycles. The molecule has 0 saturated carbocycles. The molecule has 0 N–H and O–H groups in total. The van der Waals surface area contributed by atoms with Crippen molar-refractivity contribution < 1.29 is 16.5 Å². The van der Waals surface area contributed by atoms with Crippen LogP contribution in [0.3, 0.4) is 0 Å². The van der Waals surface area contributed by atoms with Crippen LogP contribution in [0.2, 0.25) is 0 Å². The summed E-state index contributed by atoms with van der Waals surface area (Å²) in [6, 6.07) is 0. The second-order valence-electron chi connectivity index (χ2n) is 4.74. The molecule has 4 heteroatoms. The Morgan fingerprint density at radius 2 is 1.80 bits per heavy atom. The van der Waals surface area contributed by atoms with E-state index in [4.69, 9.17) is 0 Å². The summed E-state index contributed by atoms with van der Waals surface area (Å²) in [5.41, 5.74) is -0.00698. The molecule has 0 saturated heterocycles. The maximum Gasteiger partial charge on any atom is 0 e. The molecule has 15 heavy (non-hydrogen) atoms. The van der Waals surface area contributed by atoms with Crippen molar-refractivity contribution in [3.63, 3.8) is 0 Å². The maximum atomic E-state index is 4.56. The minimum absolute atomic E-state index is 0. The smallest absolute Gasteiger partial charge is 0 e. The number of hydrogen-bond acceptors (Lipinski definition) is 2. The maximum absolute atomic E-state index is 4.56. The molecule has 0 amide bonds. The first kappa shape index (κ1) is 17.3. The Morgan fingerprint density at radius 3 is 2.13 bits per heavy atom. The first-order valence-electron chi connectivity index (χ1n) is 5.26. The summed E-state index contributed by atoms with van der Waals surface area (Å²) < 4.78 is 0. The largest absolute Gasteiger partial charge is 0.468 e. The minimum Gasteiger partial charge on any atom is -0.468 e. The van der Waals surface area contributed by atoms with Crippen molar-refractivity contribution in [2.75, 3.05) is 27.2 Å². The average Bonchev–Trinajstić information content (AvgIpc) is 1.99. The van der Waals surface area contributed by atoms with E-state index in [1.165, 1.54) is 0 Å². The van der Waals surface area contributed by atoms with Gasteiger partial charge in [-0.25, -0.2) is 0 Å². The number of aliphatic imine (C=N–C) groups is 1. The quantitative estimate of drug-likeness (QED) is 0.432. The molecular weight excluding hydrogens is 233 g/mol. The van der Waals surface area contributed by atoms with Gasteiger partial charge in [-0.3, -0.25) is 0 Å². The monoisotopic (exact) mass is 256 g/mol. The van der Waals surface area contributed by atoms with E-state index in [1.807, 2.05) is 0 Å². The normalized spacial score (nSPS) is 12.6. The third-order valence-corrected chi connectivity index (χ3v) is 1.62. The summed E-state index contributed by atoms with van der Waals surface area (Å²) in [4.78, 5) is 6.69. The molecule has 0 radical (unpaired) electrons. The van der Waals surface area contributed by atoms with E-state index in [1.54, 1.807) is 0 Å². The summed E-state index contributed by atoms with van der Waals surface area (Å²) >= 11 is 0. The van der Waals surface area contributed by atoms with E-state index in [0.717, 1.165) is 25.3 Å². The van der Waals surface area contributed by atoms with Crippen molar-refractivity contribution in [2.45, 2.75) is 39.7 Å². The van der Waals surface area contributed by atoms with Crippen molar-refractivity contribution in [3.05, 3.63) is 5.32 Å². The second-order valence-corrected chi connectivity index (χ2v) is 4.74. The summed E-state index contributed by atoms with van der Waals surface area (Å²) in [7, 11) is 4.12. The predicted octanol–water partition coefficient (Wildman–Crippen LogP) is 2.53. The van der Waals surface area contributed by atoms with Crippen LogP contribution in [0.1, 0.15) is 34.1 Å². The Kier molecular flexibility index (Phi) is 9.38. The van der Waals surface area contributed by atoms with Crippen LogP contribution < -0.4 is 0 Å². The van der Waals surface area contributed by atoms with Gasteiger partial charge in [-0.2, -0.15) is 0 Å². The van der Waals surface area contributed by atoms with E-state index < -0.39 is 0 Å². The van der Waals surface area contributed by atoms with Crippen molar-refractivity contribution in [2.24, 2.45) is 4.99 Å². The Balaban J connectivity index is 0. The topological polar surface area (TPSA) is 29.7 Å². The third kappa shape index (κ3) is 11.9. The number of hydrogen-bond donors (Lipinski definition) is 0. The van der Waals surface area contributed by atoms with Gasteiger partial charge >= 0.3 is 0 Å². The van der Waals surface area contributed by atoms with Crippen molar-refractivity contribution in [1.82, 2.24) is 4.90 Å². The molecule has 0 unspecified atom stereocenters. The molecule has 0 aliphatic heterocycles. The van der Waals surface area contributed by atoms with Gasteiger partial charge in [0.05, 0.1) is 0 Å². The molecule has 0 heterocycles. The van der Waals surface area contributed by atoms with Gasteiger partial charge in [0.15, 0.2) is 0 Å². The van der Waals surface area contributed by atoms with Crippen LogP contribution in [0.5, 0.6) is 0 Å². The van der Waals surface area contributed by atoms with E-state index in [2.05, 4.69) is 57.0 Å². The number of nitrogens with zero attached hydrogens (tertiary/aromatic N) is 3. The molecule has 0 aromatic rings. The van der Waals surface area contributed by atoms with Crippen LogP contribution in [0.15, 0.2) is 4.99 Å². The van der Waals surface area contributed by atoms with Crippen molar-refractivity contribution in [1.29, 1.82) is 0 Å². The molecule has 0 fully saturated rings. The molecule has 0 atom stereocenters. The van der Waals surface area contributed by atoms with Gasteiger partial charge in [-0.15, -0.1) is 0 Å². The van der Waals surface area contributed by atoms with Gasteiger partial charge in [0, 0.05) is 16.5 Å². The molecule has 0 aliphatic rings. The number of amidine groups is 1. The van der Waals surface area contributed by atoms with E-state index >= 15 is 0 Å². The first-order valence-corrected chi connectivity index (χ1v) is 5.26. The van der Waals surface area contributed by atoms with Crippen molar-refractivity contribution in [3.8, 4) is 0 Å². The van der Waals surface area contributed by atoms with Gasteiger partial charge < -0.3 is 15.2 Å². The van der Waals surface area contributed by atoms with Crippen molar-refractivity contribution >= 4 is 5.84 Å². The Morgan fingerprint density at radius 1 is 1.27 bits per heavy atom.